The second-order valence-electron chi connectivity index (χ2n) is 6.38. The molecular formula is C20H21N3O3S. The molecule has 1 aromatic carbocycles. The number of carbonyl (C=O) groups excluding carboxylic acids is 2. The fraction of sp³-hybridized carbons (Fsp3) is 0.250. The topological polar surface area (TPSA) is 98.2 Å². The second-order valence-corrected chi connectivity index (χ2v) is 7.26. The van der Waals surface area contributed by atoms with Gasteiger partial charge in [0.2, 0.25) is 0 Å². The quantitative estimate of drug-likeness (QED) is 0.688. The van der Waals surface area contributed by atoms with E-state index in [4.69, 9.17) is 10.3 Å². The van der Waals surface area contributed by atoms with Gasteiger partial charge in [-0.15, -0.1) is 11.3 Å². The highest BCUT2D eigenvalue weighted by Gasteiger charge is 2.24. The molecule has 0 aliphatic rings. The number of nitrogens with zero attached hydrogens (tertiary/aromatic N) is 1. The molecule has 3 N–H and O–H groups in total. The zero-order chi connectivity index (χ0) is 19.7. The van der Waals surface area contributed by atoms with Crippen LogP contribution in [0.4, 0.5) is 5.00 Å². The summed E-state index contributed by atoms with van der Waals surface area (Å²) in [6, 6.07) is 5.95. The molecule has 0 spiro atoms. The highest BCUT2D eigenvalue weighted by atomic mass is 32.1. The molecule has 3 rings (SSSR count). The molecule has 0 fully saturated rings. The van der Waals surface area contributed by atoms with Crippen molar-refractivity contribution in [3.63, 3.8) is 0 Å². The summed E-state index contributed by atoms with van der Waals surface area (Å²) in [5, 5.41) is 8.96. The van der Waals surface area contributed by atoms with Gasteiger partial charge in [-0.05, 0) is 43.9 Å². The molecule has 0 unspecified atom stereocenters. The van der Waals surface area contributed by atoms with Crippen LogP contribution in [0.1, 0.15) is 50.2 Å². The van der Waals surface area contributed by atoms with Gasteiger partial charge in [0.15, 0.2) is 0 Å². The Kier molecular flexibility index (Phi) is 5.14. The summed E-state index contributed by atoms with van der Waals surface area (Å²) in [5.74, 6) is -0.505. The first kappa shape index (κ1) is 18.8. The number of amides is 2. The molecular weight excluding hydrogens is 362 g/mol. The van der Waals surface area contributed by atoms with Gasteiger partial charge in [-0.3, -0.25) is 9.59 Å². The van der Waals surface area contributed by atoms with Crippen molar-refractivity contribution in [3.8, 4) is 11.1 Å². The van der Waals surface area contributed by atoms with E-state index >= 15 is 0 Å². The average Bonchev–Trinajstić information content (AvgIpc) is 3.20. The molecule has 0 atom stereocenters. The number of primary amides is 1. The van der Waals surface area contributed by atoms with Crippen molar-refractivity contribution in [1.29, 1.82) is 0 Å². The molecule has 27 heavy (non-hydrogen) atoms. The Hall–Kier alpha value is -2.93. The first-order valence-electron chi connectivity index (χ1n) is 8.58. The summed E-state index contributed by atoms with van der Waals surface area (Å²) >= 11 is 1.27. The molecule has 0 aliphatic heterocycles. The third kappa shape index (κ3) is 3.50. The predicted octanol–water partition coefficient (Wildman–Crippen LogP) is 4.24. The molecule has 2 amide bonds. The van der Waals surface area contributed by atoms with E-state index in [-0.39, 0.29) is 5.91 Å². The van der Waals surface area contributed by atoms with Crippen molar-refractivity contribution in [1.82, 2.24) is 5.16 Å². The van der Waals surface area contributed by atoms with Crippen LogP contribution >= 0.6 is 11.3 Å². The van der Waals surface area contributed by atoms with E-state index in [9.17, 15) is 9.59 Å². The number of anilines is 1. The minimum absolute atomic E-state index is 0.309. The summed E-state index contributed by atoms with van der Waals surface area (Å²) in [5.41, 5.74) is 10.8. The lowest BCUT2D eigenvalue weighted by atomic mass is 9.99. The Bertz CT molecular complexity index is 1030. The smallest absolute Gasteiger partial charge is 0.261 e. The maximum absolute atomic E-state index is 12.7. The number of benzene rings is 1. The lowest BCUT2D eigenvalue weighted by Crippen LogP contribution is -2.18. The molecule has 6 nitrogen and oxygen atoms in total. The van der Waals surface area contributed by atoms with Gasteiger partial charge in [0.1, 0.15) is 16.3 Å². The number of hydrogen-bond acceptors (Lipinski definition) is 5. The van der Waals surface area contributed by atoms with Crippen molar-refractivity contribution in [2.24, 2.45) is 5.73 Å². The summed E-state index contributed by atoms with van der Waals surface area (Å²) in [4.78, 5) is 24.9. The van der Waals surface area contributed by atoms with Crippen LogP contribution in [0.3, 0.4) is 0 Å². The number of aryl methyl sites for hydroxylation is 4. The Morgan fingerprint density at radius 1 is 1.19 bits per heavy atom. The highest BCUT2D eigenvalue weighted by molar-refractivity contribution is 7.15. The van der Waals surface area contributed by atoms with E-state index in [0.29, 0.717) is 39.6 Å². The van der Waals surface area contributed by atoms with E-state index in [1.54, 1.807) is 6.92 Å². The van der Waals surface area contributed by atoms with Crippen LogP contribution in [0.2, 0.25) is 0 Å². The SMILES string of the molecule is CCc1noc(C)c1C(=O)Nc1scc(-c2ccc(C)c(C)c2)c1C(N)=O. The molecule has 0 saturated heterocycles. The minimum atomic E-state index is -0.586. The number of nitrogens with one attached hydrogen (secondary N) is 1. The Balaban J connectivity index is 2.01. The average molecular weight is 383 g/mol. The van der Waals surface area contributed by atoms with Crippen LogP contribution in [-0.2, 0) is 6.42 Å². The standard InChI is InChI=1S/C20H21N3O3S/c1-5-15-16(12(4)26-23-15)19(25)22-20-17(18(21)24)14(9-27-20)13-7-6-10(2)11(3)8-13/h6-9H,5H2,1-4H3,(H2,21,24)(H,22,25). The van der Waals surface area contributed by atoms with Crippen molar-refractivity contribution >= 4 is 28.2 Å². The molecule has 0 saturated carbocycles. The minimum Gasteiger partial charge on any atom is -0.365 e. The lowest BCUT2D eigenvalue weighted by molar-refractivity contribution is 0.100. The molecule has 2 aromatic heterocycles. The summed E-state index contributed by atoms with van der Waals surface area (Å²) < 4.78 is 5.12. The molecule has 0 bridgehead atoms. The second kappa shape index (κ2) is 7.36. The van der Waals surface area contributed by atoms with E-state index in [2.05, 4.69) is 10.5 Å². The number of carbonyl (C=O) groups is 2. The van der Waals surface area contributed by atoms with E-state index in [1.165, 1.54) is 11.3 Å². The molecule has 0 radical (unpaired) electrons. The molecule has 7 heteroatoms. The fourth-order valence-corrected chi connectivity index (χ4v) is 3.90. The predicted molar refractivity (Wildman–Crippen MR) is 106 cm³/mol. The van der Waals surface area contributed by atoms with Crippen LogP contribution in [0.25, 0.3) is 11.1 Å². The van der Waals surface area contributed by atoms with Gasteiger partial charge in [0.25, 0.3) is 11.8 Å². The maximum Gasteiger partial charge on any atom is 0.261 e. The fourth-order valence-electron chi connectivity index (χ4n) is 2.93. The lowest BCUT2D eigenvalue weighted by Gasteiger charge is -2.08. The Morgan fingerprint density at radius 3 is 2.56 bits per heavy atom. The van der Waals surface area contributed by atoms with Gasteiger partial charge >= 0.3 is 0 Å². The van der Waals surface area contributed by atoms with Crippen molar-refractivity contribution in [2.75, 3.05) is 5.32 Å². The van der Waals surface area contributed by atoms with Gasteiger partial charge in [0.05, 0.1) is 11.3 Å². The molecule has 3 aromatic rings. The Labute approximate surface area is 161 Å². The summed E-state index contributed by atoms with van der Waals surface area (Å²) in [6.07, 6.45) is 0.571. The maximum atomic E-state index is 12.7. The van der Waals surface area contributed by atoms with E-state index in [0.717, 1.165) is 16.7 Å². The van der Waals surface area contributed by atoms with Gasteiger partial charge < -0.3 is 15.6 Å². The number of rotatable bonds is 5. The summed E-state index contributed by atoms with van der Waals surface area (Å²) in [6.45, 7) is 7.62. The first-order chi connectivity index (χ1) is 12.8. The normalized spacial score (nSPS) is 10.8. The van der Waals surface area contributed by atoms with Gasteiger partial charge in [-0.1, -0.05) is 30.3 Å². The van der Waals surface area contributed by atoms with Crippen LogP contribution in [0, 0.1) is 20.8 Å². The van der Waals surface area contributed by atoms with E-state index in [1.807, 2.05) is 44.4 Å². The van der Waals surface area contributed by atoms with E-state index < -0.39 is 5.91 Å². The number of hydrogen-bond donors (Lipinski definition) is 2. The molecule has 2 heterocycles. The third-order valence-corrected chi connectivity index (χ3v) is 5.47. The van der Waals surface area contributed by atoms with Crippen molar-refractivity contribution < 1.29 is 14.1 Å². The summed E-state index contributed by atoms with van der Waals surface area (Å²) in [7, 11) is 0. The Morgan fingerprint density at radius 2 is 1.93 bits per heavy atom. The van der Waals surface area contributed by atoms with Crippen molar-refractivity contribution in [3.05, 3.63) is 57.3 Å². The zero-order valence-electron chi connectivity index (χ0n) is 15.7. The molecule has 0 aliphatic carbocycles. The van der Waals surface area contributed by atoms with Crippen LogP contribution in [-0.4, -0.2) is 17.0 Å². The molecule has 140 valence electrons. The largest absolute Gasteiger partial charge is 0.365 e. The first-order valence-corrected chi connectivity index (χ1v) is 9.46. The van der Waals surface area contributed by atoms with Crippen LogP contribution < -0.4 is 11.1 Å². The number of aromatic nitrogens is 1. The van der Waals surface area contributed by atoms with Crippen molar-refractivity contribution in [2.45, 2.75) is 34.1 Å². The number of thiophene rings is 1. The number of nitrogens with two attached hydrogens (primary N) is 1. The zero-order valence-corrected chi connectivity index (χ0v) is 16.5. The highest BCUT2D eigenvalue weighted by Crippen LogP contribution is 2.36. The van der Waals surface area contributed by atoms with Crippen LogP contribution in [0.5, 0.6) is 0 Å². The van der Waals surface area contributed by atoms with Gasteiger partial charge in [-0.25, -0.2) is 0 Å². The monoisotopic (exact) mass is 383 g/mol. The van der Waals surface area contributed by atoms with Gasteiger partial charge in [0, 0.05) is 10.9 Å². The van der Waals surface area contributed by atoms with Crippen LogP contribution in [0.15, 0.2) is 28.1 Å². The van der Waals surface area contributed by atoms with Gasteiger partial charge in [-0.2, -0.15) is 0 Å². The third-order valence-electron chi connectivity index (χ3n) is 4.58.